The summed E-state index contributed by atoms with van der Waals surface area (Å²) in [7, 11) is 0. The maximum Gasteiger partial charge on any atom is 0.122 e. The molecular weight excluding hydrogens is 198 g/mol. The molecule has 1 aliphatic heterocycles. The van der Waals surface area contributed by atoms with Crippen molar-refractivity contribution in [2.75, 3.05) is 11.9 Å². The maximum atomic E-state index is 5.52. The molecule has 0 amide bonds. The molecule has 1 heterocycles. The summed E-state index contributed by atoms with van der Waals surface area (Å²) in [6, 6.07) is 7.17. The number of nitrogens with one attached hydrogen (secondary N) is 1. The largest absolute Gasteiger partial charge is 0.493 e. The zero-order valence-electron chi connectivity index (χ0n) is 9.83. The maximum absolute atomic E-state index is 5.52. The van der Waals surface area contributed by atoms with Crippen molar-refractivity contribution in [3.05, 3.63) is 23.8 Å². The number of rotatable bonds is 2. The summed E-state index contributed by atoms with van der Waals surface area (Å²) < 4.78 is 5.52. The first-order valence-corrected chi connectivity index (χ1v) is 6.35. The third-order valence-electron chi connectivity index (χ3n) is 3.90. The molecule has 1 N–H and O–H groups in total. The van der Waals surface area contributed by atoms with Crippen LogP contribution in [-0.4, -0.2) is 12.6 Å². The Labute approximate surface area is 97.0 Å². The van der Waals surface area contributed by atoms with Crippen molar-refractivity contribution < 1.29 is 4.74 Å². The Balaban J connectivity index is 1.75. The van der Waals surface area contributed by atoms with Gasteiger partial charge in [-0.3, -0.25) is 0 Å². The quantitative estimate of drug-likeness (QED) is 0.821. The first-order valence-electron chi connectivity index (χ1n) is 6.35. The van der Waals surface area contributed by atoms with Crippen molar-refractivity contribution >= 4 is 5.69 Å². The first-order chi connectivity index (χ1) is 7.83. The summed E-state index contributed by atoms with van der Waals surface area (Å²) in [5.41, 5.74) is 2.62. The summed E-state index contributed by atoms with van der Waals surface area (Å²) in [5.74, 6) is 1.88. The van der Waals surface area contributed by atoms with E-state index in [1.807, 2.05) is 0 Å². The zero-order chi connectivity index (χ0) is 11.0. The molecule has 2 atom stereocenters. The van der Waals surface area contributed by atoms with Crippen LogP contribution in [0.3, 0.4) is 0 Å². The summed E-state index contributed by atoms with van der Waals surface area (Å²) >= 11 is 0. The van der Waals surface area contributed by atoms with E-state index in [0.717, 1.165) is 24.7 Å². The fraction of sp³-hybridized carbons (Fsp3) is 0.571. The van der Waals surface area contributed by atoms with E-state index in [1.165, 1.54) is 30.5 Å². The summed E-state index contributed by atoms with van der Waals surface area (Å²) in [4.78, 5) is 0. The van der Waals surface area contributed by atoms with Gasteiger partial charge in [-0.05, 0) is 42.5 Å². The topological polar surface area (TPSA) is 21.3 Å². The van der Waals surface area contributed by atoms with E-state index in [4.69, 9.17) is 4.74 Å². The molecule has 0 bridgehead atoms. The lowest BCUT2D eigenvalue weighted by atomic mass is 10.1. The molecule has 1 saturated carbocycles. The van der Waals surface area contributed by atoms with Gasteiger partial charge >= 0.3 is 0 Å². The number of hydrogen-bond donors (Lipinski definition) is 1. The first kappa shape index (κ1) is 10.0. The van der Waals surface area contributed by atoms with Gasteiger partial charge in [0.15, 0.2) is 0 Å². The second kappa shape index (κ2) is 4.00. The zero-order valence-corrected chi connectivity index (χ0v) is 9.83. The van der Waals surface area contributed by atoms with Gasteiger partial charge in [0, 0.05) is 18.2 Å². The normalized spacial score (nSPS) is 27.6. The Morgan fingerprint density at radius 3 is 3.06 bits per heavy atom. The highest BCUT2D eigenvalue weighted by molar-refractivity contribution is 5.53. The van der Waals surface area contributed by atoms with E-state index < -0.39 is 0 Å². The summed E-state index contributed by atoms with van der Waals surface area (Å²) in [6.07, 6.45) is 5.11. The highest BCUT2D eigenvalue weighted by Crippen LogP contribution is 2.31. The van der Waals surface area contributed by atoms with Crippen molar-refractivity contribution in [3.63, 3.8) is 0 Å². The molecule has 2 unspecified atom stereocenters. The minimum atomic E-state index is 0.667. The highest BCUT2D eigenvalue weighted by Gasteiger charge is 2.23. The average Bonchev–Trinajstić information content (AvgIpc) is 2.88. The highest BCUT2D eigenvalue weighted by atomic mass is 16.5. The molecule has 0 radical (unpaired) electrons. The smallest absolute Gasteiger partial charge is 0.122 e. The van der Waals surface area contributed by atoms with Gasteiger partial charge in [-0.1, -0.05) is 13.3 Å². The molecule has 0 aromatic heterocycles. The van der Waals surface area contributed by atoms with E-state index in [1.54, 1.807) is 0 Å². The lowest BCUT2D eigenvalue weighted by molar-refractivity contribution is 0.357. The molecule has 1 aromatic carbocycles. The van der Waals surface area contributed by atoms with Crippen molar-refractivity contribution in [2.45, 2.75) is 38.6 Å². The van der Waals surface area contributed by atoms with Crippen LogP contribution in [-0.2, 0) is 6.42 Å². The molecular formula is C14H19NO. The van der Waals surface area contributed by atoms with Gasteiger partial charge in [-0.25, -0.2) is 0 Å². The molecule has 0 saturated heterocycles. The van der Waals surface area contributed by atoms with Crippen LogP contribution in [0.4, 0.5) is 5.69 Å². The van der Waals surface area contributed by atoms with E-state index in [9.17, 15) is 0 Å². The van der Waals surface area contributed by atoms with Gasteiger partial charge in [0.1, 0.15) is 5.75 Å². The van der Waals surface area contributed by atoms with Crippen LogP contribution in [0.5, 0.6) is 5.75 Å². The van der Waals surface area contributed by atoms with Gasteiger partial charge < -0.3 is 10.1 Å². The molecule has 1 aliphatic carbocycles. The standard InChI is InChI=1S/C14H19NO/c1-10-3-2-4-13(10)15-12-5-6-14-11(9-12)7-8-16-14/h5-6,9-10,13,15H,2-4,7-8H2,1H3. The third-order valence-corrected chi connectivity index (χ3v) is 3.90. The van der Waals surface area contributed by atoms with Crippen molar-refractivity contribution in [1.82, 2.24) is 0 Å². The van der Waals surface area contributed by atoms with Crippen LogP contribution >= 0.6 is 0 Å². The predicted octanol–water partition coefficient (Wildman–Crippen LogP) is 3.22. The number of hydrogen-bond acceptors (Lipinski definition) is 2. The second-order valence-corrected chi connectivity index (χ2v) is 5.08. The SMILES string of the molecule is CC1CCCC1Nc1ccc2c(c1)CCO2. The van der Waals surface area contributed by atoms with Gasteiger partial charge in [0.05, 0.1) is 6.61 Å². The molecule has 2 nitrogen and oxygen atoms in total. The molecule has 2 aliphatic rings. The molecule has 1 aromatic rings. The summed E-state index contributed by atoms with van der Waals surface area (Å²) in [6.45, 7) is 3.19. The fourth-order valence-corrected chi connectivity index (χ4v) is 2.85. The van der Waals surface area contributed by atoms with Gasteiger partial charge in [-0.15, -0.1) is 0 Å². The molecule has 16 heavy (non-hydrogen) atoms. The molecule has 1 fully saturated rings. The second-order valence-electron chi connectivity index (χ2n) is 5.08. The lowest BCUT2D eigenvalue weighted by Gasteiger charge is -2.19. The lowest BCUT2D eigenvalue weighted by Crippen LogP contribution is -2.21. The summed E-state index contributed by atoms with van der Waals surface area (Å²) in [5, 5.41) is 3.66. The van der Waals surface area contributed by atoms with Crippen molar-refractivity contribution in [1.29, 1.82) is 0 Å². The Morgan fingerprint density at radius 1 is 1.31 bits per heavy atom. The van der Waals surface area contributed by atoms with Gasteiger partial charge in [-0.2, -0.15) is 0 Å². The van der Waals surface area contributed by atoms with E-state index in [2.05, 4.69) is 30.4 Å². The van der Waals surface area contributed by atoms with Crippen LogP contribution in [0.2, 0.25) is 0 Å². The predicted molar refractivity (Wildman–Crippen MR) is 66.1 cm³/mol. The number of anilines is 1. The Hall–Kier alpha value is -1.18. The third kappa shape index (κ3) is 1.77. The molecule has 86 valence electrons. The van der Waals surface area contributed by atoms with Crippen LogP contribution < -0.4 is 10.1 Å². The number of fused-ring (bicyclic) bond motifs is 1. The molecule has 3 rings (SSSR count). The van der Waals surface area contributed by atoms with Crippen LogP contribution in [0.25, 0.3) is 0 Å². The minimum Gasteiger partial charge on any atom is -0.493 e. The van der Waals surface area contributed by atoms with Crippen LogP contribution in [0, 0.1) is 5.92 Å². The van der Waals surface area contributed by atoms with Crippen LogP contribution in [0.15, 0.2) is 18.2 Å². The molecule has 0 spiro atoms. The number of ether oxygens (including phenoxy) is 1. The molecule has 2 heteroatoms. The monoisotopic (exact) mass is 217 g/mol. The Kier molecular flexibility index (Phi) is 2.50. The number of benzene rings is 1. The minimum absolute atomic E-state index is 0.667. The van der Waals surface area contributed by atoms with E-state index in [0.29, 0.717) is 6.04 Å². The fourth-order valence-electron chi connectivity index (χ4n) is 2.85. The Bertz CT molecular complexity index is 388. The Morgan fingerprint density at radius 2 is 2.25 bits per heavy atom. The van der Waals surface area contributed by atoms with E-state index in [-0.39, 0.29) is 0 Å². The average molecular weight is 217 g/mol. The van der Waals surface area contributed by atoms with E-state index >= 15 is 0 Å². The van der Waals surface area contributed by atoms with Crippen LogP contribution in [0.1, 0.15) is 31.7 Å². The van der Waals surface area contributed by atoms with Crippen molar-refractivity contribution in [3.8, 4) is 5.75 Å². The van der Waals surface area contributed by atoms with Gasteiger partial charge in [0.2, 0.25) is 0 Å². The van der Waals surface area contributed by atoms with Gasteiger partial charge in [0.25, 0.3) is 0 Å². The van der Waals surface area contributed by atoms with Crippen molar-refractivity contribution in [2.24, 2.45) is 5.92 Å².